The molecule has 1 aromatic rings. The SMILES string of the molecule is C=C(C)C(=O)N(C(C)=O)c1ccccc1. The highest BCUT2D eigenvalue weighted by Crippen LogP contribution is 2.15. The van der Waals surface area contributed by atoms with Crippen LogP contribution in [-0.2, 0) is 9.59 Å². The molecule has 78 valence electrons. The molecule has 15 heavy (non-hydrogen) atoms. The van der Waals surface area contributed by atoms with Crippen LogP contribution in [0.15, 0.2) is 42.5 Å². The first-order valence-electron chi connectivity index (χ1n) is 4.59. The number of anilines is 1. The smallest absolute Gasteiger partial charge is 0.260 e. The van der Waals surface area contributed by atoms with Crippen molar-refractivity contribution in [2.75, 3.05) is 4.90 Å². The Labute approximate surface area is 89.0 Å². The summed E-state index contributed by atoms with van der Waals surface area (Å²) in [5.74, 6) is -0.678. The van der Waals surface area contributed by atoms with E-state index in [1.807, 2.05) is 6.07 Å². The Balaban J connectivity index is 3.10. The summed E-state index contributed by atoms with van der Waals surface area (Å²) >= 11 is 0. The molecule has 0 radical (unpaired) electrons. The van der Waals surface area contributed by atoms with Gasteiger partial charge in [-0.05, 0) is 19.1 Å². The van der Waals surface area contributed by atoms with E-state index in [1.54, 1.807) is 31.2 Å². The van der Waals surface area contributed by atoms with Crippen molar-refractivity contribution in [3.05, 3.63) is 42.5 Å². The topological polar surface area (TPSA) is 37.4 Å². The van der Waals surface area contributed by atoms with Crippen molar-refractivity contribution >= 4 is 17.5 Å². The zero-order valence-electron chi connectivity index (χ0n) is 8.86. The predicted molar refractivity (Wildman–Crippen MR) is 59.4 cm³/mol. The van der Waals surface area contributed by atoms with E-state index in [2.05, 4.69) is 6.58 Å². The van der Waals surface area contributed by atoms with Gasteiger partial charge in [-0.25, -0.2) is 4.90 Å². The zero-order valence-corrected chi connectivity index (χ0v) is 8.86. The van der Waals surface area contributed by atoms with Gasteiger partial charge in [0.15, 0.2) is 0 Å². The molecule has 0 aliphatic heterocycles. The van der Waals surface area contributed by atoms with Crippen LogP contribution in [-0.4, -0.2) is 11.8 Å². The van der Waals surface area contributed by atoms with Crippen molar-refractivity contribution in [2.24, 2.45) is 0 Å². The van der Waals surface area contributed by atoms with Gasteiger partial charge in [0.05, 0.1) is 5.69 Å². The van der Waals surface area contributed by atoms with E-state index in [0.29, 0.717) is 11.3 Å². The van der Waals surface area contributed by atoms with Crippen LogP contribution in [0.1, 0.15) is 13.8 Å². The largest absolute Gasteiger partial charge is 0.274 e. The molecule has 0 fully saturated rings. The average molecular weight is 203 g/mol. The molecule has 0 aliphatic rings. The number of imide groups is 1. The van der Waals surface area contributed by atoms with Gasteiger partial charge in [0.1, 0.15) is 0 Å². The van der Waals surface area contributed by atoms with Gasteiger partial charge in [-0.15, -0.1) is 0 Å². The molecule has 3 nitrogen and oxygen atoms in total. The fraction of sp³-hybridized carbons (Fsp3) is 0.167. The third-order valence-electron chi connectivity index (χ3n) is 1.90. The monoisotopic (exact) mass is 203 g/mol. The van der Waals surface area contributed by atoms with Crippen LogP contribution in [0.3, 0.4) is 0 Å². The van der Waals surface area contributed by atoms with Gasteiger partial charge in [-0.3, -0.25) is 9.59 Å². The predicted octanol–water partition coefficient (Wildman–Crippen LogP) is 2.14. The Kier molecular flexibility index (Phi) is 3.39. The minimum Gasteiger partial charge on any atom is -0.274 e. The highest BCUT2D eigenvalue weighted by Gasteiger charge is 2.19. The molecule has 3 heteroatoms. The molecule has 0 saturated carbocycles. The van der Waals surface area contributed by atoms with Gasteiger partial charge in [0, 0.05) is 12.5 Å². The van der Waals surface area contributed by atoms with Crippen molar-refractivity contribution in [1.82, 2.24) is 0 Å². The fourth-order valence-electron chi connectivity index (χ4n) is 1.21. The summed E-state index contributed by atoms with van der Waals surface area (Å²) in [5, 5.41) is 0. The maximum Gasteiger partial charge on any atom is 0.260 e. The van der Waals surface area contributed by atoms with Gasteiger partial charge < -0.3 is 0 Å². The van der Waals surface area contributed by atoms with Crippen LogP contribution in [0, 0.1) is 0 Å². The van der Waals surface area contributed by atoms with E-state index in [1.165, 1.54) is 6.92 Å². The first-order chi connectivity index (χ1) is 7.04. The minimum atomic E-state index is -0.367. The lowest BCUT2D eigenvalue weighted by molar-refractivity contribution is -0.123. The summed E-state index contributed by atoms with van der Waals surface area (Å²) in [5.41, 5.74) is 0.909. The molecule has 0 atom stereocenters. The lowest BCUT2D eigenvalue weighted by Gasteiger charge is -2.18. The van der Waals surface area contributed by atoms with Gasteiger partial charge in [-0.2, -0.15) is 0 Å². The van der Waals surface area contributed by atoms with Gasteiger partial charge in [0.25, 0.3) is 5.91 Å². The van der Waals surface area contributed by atoms with Gasteiger partial charge in [-0.1, -0.05) is 24.8 Å². The molecule has 0 bridgehead atoms. The molecule has 0 N–H and O–H groups in total. The number of hydrogen-bond donors (Lipinski definition) is 0. The third-order valence-corrected chi connectivity index (χ3v) is 1.90. The molecule has 0 aliphatic carbocycles. The molecule has 0 spiro atoms. The third kappa shape index (κ3) is 2.53. The lowest BCUT2D eigenvalue weighted by atomic mass is 10.2. The maximum atomic E-state index is 11.7. The molecular formula is C12H13NO2. The van der Waals surface area contributed by atoms with E-state index < -0.39 is 0 Å². The van der Waals surface area contributed by atoms with E-state index in [0.717, 1.165) is 4.90 Å². The van der Waals surface area contributed by atoms with Crippen LogP contribution < -0.4 is 4.90 Å². The van der Waals surface area contributed by atoms with E-state index in [4.69, 9.17) is 0 Å². The summed E-state index contributed by atoms with van der Waals surface area (Å²) < 4.78 is 0. The summed E-state index contributed by atoms with van der Waals surface area (Å²) in [6.07, 6.45) is 0. The standard InChI is InChI=1S/C12H13NO2/c1-9(2)12(15)13(10(3)14)11-7-5-4-6-8-11/h4-8H,1H2,2-3H3. The van der Waals surface area contributed by atoms with Crippen molar-refractivity contribution in [3.8, 4) is 0 Å². The number of hydrogen-bond acceptors (Lipinski definition) is 2. The number of rotatable bonds is 2. The Bertz CT molecular complexity index is 395. The number of carbonyl (C=O) groups excluding carboxylic acids is 2. The normalized spacial score (nSPS) is 9.47. The number of para-hydroxylation sites is 1. The Morgan fingerprint density at radius 3 is 2.07 bits per heavy atom. The van der Waals surface area contributed by atoms with E-state index >= 15 is 0 Å². The highest BCUT2D eigenvalue weighted by molar-refractivity contribution is 6.19. The van der Waals surface area contributed by atoms with Crippen molar-refractivity contribution in [2.45, 2.75) is 13.8 Å². The number of nitrogens with zero attached hydrogens (tertiary/aromatic N) is 1. The van der Waals surface area contributed by atoms with Crippen LogP contribution in [0.5, 0.6) is 0 Å². The lowest BCUT2D eigenvalue weighted by Crippen LogP contribution is -2.35. The number of amides is 2. The number of carbonyl (C=O) groups is 2. The van der Waals surface area contributed by atoms with Crippen molar-refractivity contribution < 1.29 is 9.59 Å². The number of benzene rings is 1. The molecule has 0 heterocycles. The van der Waals surface area contributed by atoms with Crippen LogP contribution in [0.4, 0.5) is 5.69 Å². The summed E-state index contributed by atoms with van der Waals surface area (Å²) in [7, 11) is 0. The minimum absolute atomic E-state index is 0.311. The van der Waals surface area contributed by atoms with Gasteiger partial charge >= 0.3 is 0 Å². The first-order valence-corrected chi connectivity index (χ1v) is 4.59. The first kappa shape index (κ1) is 11.2. The molecular weight excluding hydrogens is 190 g/mol. The quantitative estimate of drug-likeness (QED) is 0.690. The zero-order chi connectivity index (χ0) is 11.4. The second kappa shape index (κ2) is 4.55. The summed E-state index contributed by atoms with van der Waals surface area (Å²) in [6, 6.07) is 8.80. The van der Waals surface area contributed by atoms with Gasteiger partial charge in [0.2, 0.25) is 5.91 Å². The molecule has 0 saturated heterocycles. The molecule has 2 amide bonds. The summed E-state index contributed by atoms with van der Waals surface area (Å²) in [6.45, 7) is 6.48. The van der Waals surface area contributed by atoms with Crippen molar-refractivity contribution in [1.29, 1.82) is 0 Å². The van der Waals surface area contributed by atoms with Crippen LogP contribution in [0.2, 0.25) is 0 Å². The van der Waals surface area contributed by atoms with E-state index in [-0.39, 0.29) is 11.8 Å². The maximum absolute atomic E-state index is 11.7. The molecule has 1 aromatic carbocycles. The molecule has 1 rings (SSSR count). The Morgan fingerprint density at radius 1 is 1.13 bits per heavy atom. The Hall–Kier alpha value is -1.90. The second-order valence-corrected chi connectivity index (χ2v) is 3.28. The second-order valence-electron chi connectivity index (χ2n) is 3.28. The average Bonchev–Trinajstić information content (AvgIpc) is 2.18. The molecule has 0 aromatic heterocycles. The van der Waals surface area contributed by atoms with E-state index in [9.17, 15) is 9.59 Å². The fourth-order valence-corrected chi connectivity index (χ4v) is 1.21. The van der Waals surface area contributed by atoms with Crippen LogP contribution >= 0.6 is 0 Å². The van der Waals surface area contributed by atoms with Crippen molar-refractivity contribution in [3.63, 3.8) is 0 Å². The summed E-state index contributed by atoms with van der Waals surface area (Å²) in [4.78, 5) is 24.2. The Morgan fingerprint density at radius 2 is 1.67 bits per heavy atom. The molecule has 0 unspecified atom stereocenters. The van der Waals surface area contributed by atoms with Crippen LogP contribution in [0.25, 0.3) is 0 Å². The highest BCUT2D eigenvalue weighted by atomic mass is 16.2.